The molecule has 0 spiro atoms. The van der Waals surface area contributed by atoms with Gasteiger partial charge < -0.3 is 14.8 Å². The number of sulfonamides is 1. The van der Waals surface area contributed by atoms with Crippen LogP contribution in [0.5, 0.6) is 11.5 Å². The molecule has 0 saturated heterocycles. The molecule has 1 amide bonds. The van der Waals surface area contributed by atoms with Gasteiger partial charge in [0, 0.05) is 24.2 Å². The van der Waals surface area contributed by atoms with Crippen molar-refractivity contribution in [3.63, 3.8) is 0 Å². The lowest BCUT2D eigenvalue weighted by Crippen LogP contribution is -2.31. The number of anilines is 1. The Morgan fingerprint density at radius 2 is 1.92 bits per heavy atom. The number of ether oxygens (including phenoxy) is 2. The summed E-state index contributed by atoms with van der Waals surface area (Å²) in [4.78, 5) is 12.1. The molecule has 0 saturated carbocycles. The van der Waals surface area contributed by atoms with Crippen LogP contribution in [0.1, 0.15) is 38.7 Å². The quantitative estimate of drug-likeness (QED) is 0.684. The standard InChI is InChI=1S/C17H26N2O5S/c1-12(2)25(21,22)18-9-5-4-6-16(20)19-14-7-8-15-17(13(14)3)24-11-10-23-15/h7-8,12,18H,4-6,9-11H2,1-3H3,(H,19,20). The molecule has 1 aliphatic heterocycles. The fourth-order valence-corrected chi connectivity index (χ4v) is 3.16. The number of unbranched alkanes of at least 4 members (excludes halogenated alkanes) is 1. The molecule has 8 heteroatoms. The summed E-state index contributed by atoms with van der Waals surface area (Å²) in [5, 5.41) is 2.42. The molecule has 1 aliphatic rings. The van der Waals surface area contributed by atoms with Crippen molar-refractivity contribution in [1.29, 1.82) is 0 Å². The highest BCUT2D eigenvalue weighted by atomic mass is 32.2. The lowest BCUT2D eigenvalue weighted by atomic mass is 10.1. The molecule has 1 heterocycles. The van der Waals surface area contributed by atoms with E-state index in [1.54, 1.807) is 26.0 Å². The van der Waals surface area contributed by atoms with E-state index in [4.69, 9.17) is 9.47 Å². The van der Waals surface area contributed by atoms with Crippen molar-refractivity contribution >= 4 is 21.6 Å². The number of hydrogen-bond acceptors (Lipinski definition) is 5. The Kier molecular flexibility index (Phi) is 6.66. The van der Waals surface area contributed by atoms with Crippen LogP contribution >= 0.6 is 0 Å². The third-order valence-electron chi connectivity index (χ3n) is 3.99. The third kappa shape index (κ3) is 5.34. The monoisotopic (exact) mass is 370 g/mol. The fourth-order valence-electron chi connectivity index (χ4n) is 2.39. The Morgan fingerprint density at radius 3 is 2.64 bits per heavy atom. The first-order valence-electron chi connectivity index (χ1n) is 8.49. The van der Waals surface area contributed by atoms with Gasteiger partial charge in [-0.1, -0.05) is 0 Å². The van der Waals surface area contributed by atoms with Crippen molar-refractivity contribution in [3.8, 4) is 11.5 Å². The van der Waals surface area contributed by atoms with E-state index in [1.165, 1.54) is 0 Å². The van der Waals surface area contributed by atoms with Crippen LogP contribution in [0.3, 0.4) is 0 Å². The molecule has 2 N–H and O–H groups in total. The van der Waals surface area contributed by atoms with Crippen molar-refractivity contribution in [1.82, 2.24) is 4.72 Å². The van der Waals surface area contributed by atoms with Gasteiger partial charge in [0.25, 0.3) is 0 Å². The van der Waals surface area contributed by atoms with Crippen molar-refractivity contribution in [3.05, 3.63) is 17.7 Å². The van der Waals surface area contributed by atoms with Crippen LogP contribution in [0.15, 0.2) is 12.1 Å². The predicted octanol–water partition coefficient (Wildman–Crippen LogP) is 2.20. The van der Waals surface area contributed by atoms with Crippen LogP contribution in [0.25, 0.3) is 0 Å². The van der Waals surface area contributed by atoms with Gasteiger partial charge >= 0.3 is 0 Å². The van der Waals surface area contributed by atoms with Gasteiger partial charge in [-0.2, -0.15) is 0 Å². The number of hydrogen-bond donors (Lipinski definition) is 2. The van der Waals surface area contributed by atoms with Gasteiger partial charge in [0.05, 0.1) is 5.25 Å². The van der Waals surface area contributed by atoms with Crippen LogP contribution in [0.4, 0.5) is 5.69 Å². The summed E-state index contributed by atoms with van der Waals surface area (Å²) in [7, 11) is -3.24. The molecule has 0 unspecified atom stereocenters. The number of carbonyl (C=O) groups is 1. The molecule has 140 valence electrons. The minimum Gasteiger partial charge on any atom is -0.486 e. The predicted molar refractivity (Wildman–Crippen MR) is 96.7 cm³/mol. The normalized spacial score (nSPS) is 13.8. The van der Waals surface area contributed by atoms with E-state index in [0.717, 1.165) is 5.56 Å². The average molecular weight is 370 g/mol. The maximum Gasteiger partial charge on any atom is 0.224 e. The van der Waals surface area contributed by atoms with Gasteiger partial charge in [-0.05, 0) is 45.7 Å². The molecule has 1 aromatic rings. The first-order valence-corrected chi connectivity index (χ1v) is 10.0. The Bertz CT molecular complexity index is 716. The highest BCUT2D eigenvalue weighted by molar-refractivity contribution is 7.90. The lowest BCUT2D eigenvalue weighted by molar-refractivity contribution is -0.116. The Balaban J connectivity index is 1.78. The van der Waals surface area contributed by atoms with Gasteiger partial charge in [-0.15, -0.1) is 0 Å². The largest absolute Gasteiger partial charge is 0.486 e. The van der Waals surface area contributed by atoms with Crippen molar-refractivity contribution < 1.29 is 22.7 Å². The third-order valence-corrected chi connectivity index (χ3v) is 5.83. The molecular weight excluding hydrogens is 344 g/mol. The Morgan fingerprint density at radius 1 is 1.20 bits per heavy atom. The Hall–Kier alpha value is -1.80. The molecule has 0 fully saturated rings. The average Bonchev–Trinajstić information content (AvgIpc) is 2.57. The molecular formula is C17H26N2O5S. The zero-order chi connectivity index (χ0) is 18.4. The van der Waals surface area contributed by atoms with Crippen LogP contribution in [0, 0.1) is 6.92 Å². The van der Waals surface area contributed by atoms with Gasteiger partial charge in [-0.25, -0.2) is 13.1 Å². The van der Waals surface area contributed by atoms with E-state index in [9.17, 15) is 13.2 Å². The lowest BCUT2D eigenvalue weighted by Gasteiger charge is -2.21. The maximum atomic E-state index is 12.1. The van der Waals surface area contributed by atoms with Gasteiger partial charge in [-0.3, -0.25) is 4.79 Å². The summed E-state index contributed by atoms with van der Waals surface area (Å²) < 4.78 is 36.9. The van der Waals surface area contributed by atoms with Gasteiger partial charge in [0.1, 0.15) is 13.2 Å². The van der Waals surface area contributed by atoms with Gasteiger partial charge in [0.15, 0.2) is 11.5 Å². The molecule has 25 heavy (non-hydrogen) atoms. The Labute approximate surface area is 149 Å². The maximum absolute atomic E-state index is 12.1. The van der Waals surface area contributed by atoms with E-state index < -0.39 is 15.3 Å². The van der Waals surface area contributed by atoms with Crippen LogP contribution in [-0.2, 0) is 14.8 Å². The number of nitrogens with one attached hydrogen (secondary N) is 2. The van der Waals surface area contributed by atoms with E-state index in [1.807, 2.05) is 6.92 Å². The zero-order valence-corrected chi connectivity index (χ0v) is 15.7. The number of amides is 1. The van der Waals surface area contributed by atoms with Crippen LogP contribution in [-0.4, -0.2) is 39.3 Å². The molecule has 2 rings (SSSR count). The minimum absolute atomic E-state index is 0.105. The van der Waals surface area contributed by atoms with E-state index >= 15 is 0 Å². The van der Waals surface area contributed by atoms with Crippen LogP contribution in [0.2, 0.25) is 0 Å². The van der Waals surface area contributed by atoms with Crippen LogP contribution < -0.4 is 19.5 Å². The second-order valence-corrected chi connectivity index (χ2v) is 8.58. The summed E-state index contributed by atoms with van der Waals surface area (Å²) in [6, 6.07) is 3.59. The fraction of sp³-hybridized carbons (Fsp3) is 0.588. The number of carbonyl (C=O) groups excluding carboxylic acids is 1. The SMILES string of the molecule is Cc1c(NC(=O)CCCCNS(=O)(=O)C(C)C)ccc2c1OCCO2. The summed E-state index contributed by atoms with van der Waals surface area (Å²) in [6.45, 7) is 6.51. The number of fused-ring (bicyclic) bond motifs is 1. The van der Waals surface area contributed by atoms with Crippen molar-refractivity contribution in [2.75, 3.05) is 25.1 Å². The summed E-state index contributed by atoms with van der Waals surface area (Å²) >= 11 is 0. The zero-order valence-electron chi connectivity index (χ0n) is 14.9. The van der Waals surface area contributed by atoms with E-state index in [2.05, 4.69) is 10.0 Å². The van der Waals surface area contributed by atoms with Crippen molar-refractivity contribution in [2.24, 2.45) is 0 Å². The summed E-state index contributed by atoms with van der Waals surface area (Å²) in [5.74, 6) is 1.26. The molecule has 0 radical (unpaired) electrons. The molecule has 1 aromatic carbocycles. The molecule has 7 nitrogen and oxygen atoms in total. The smallest absolute Gasteiger partial charge is 0.224 e. The second-order valence-electron chi connectivity index (χ2n) is 6.26. The highest BCUT2D eigenvalue weighted by Gasteiger charge is 2.18. The molecule has 0 bridgehead atoms. The first-order chi connectivity index (χ1) is 11.8. The molecule has 0 atom stereocenters. The van der Waals surface area contributed by atoms with E-state index in [0.29, 0.717) is 56.2 Å². The van der Waals surface area contributed by atoms with E-state index in [-0.39, 0.29) is 5.91 Å². The molecule has 0 aromatic heterocycles. The minimum atomic E-state index is -3.24. The topological polar surface area (TPSA) is 93.7 Å². The molecule has 0 aliphatic carbocycles. The number of benzene rings is 1. The number of rotatable bonds is 8. The van der Waals surface area contributed by atoms with Crippen molar-refractivity contribution in [2.45, 2.75) is 45.3 Å². The second kappa shape index (κ2) is 8.53. The van der Waals surface area contributed by atoms with Gasteiger partial charge in [0.2, 0.25) is 15.9 Å². The summed E-state index contributed by atoms with van der Waals surface area (Å²) in [6.07, 6.45) is 1.55. The highest BCUT2D eigenvalue weighted by Crippen LogP contribution is 2.37. The summed E-state index contributed by atoms with van der Waals surface area (Å²) in [5.41, 5.74) is 1.55. The first kappa shape index (κ1) is 19.5.